The number of aromatic amines is 1. The van der Waals surface area contributed by atoms with E-state index >= 15 is 0 Å². The summed E-state index contributed by atoms with van der Waals surface area (Å²) in [5, 5.41) is 7.58. The number of fused-ring (bicyclic) bond motifs is 1. The maximum absolute atomic E-state index is 6.04. The first kappa shape index (κ1) is 18.1. The van der Waals surface area contributed by atoms with E-state index in [0.29, 0.717) is 12.0 Å². The highest BCUT2D eigenvalue weighted by Gasteiger charge is 2.16. The summed E-state index contributed by atoms with van der Waals surface area (Å²) in [4.78, 5) is 17.2. The predicted octanol–water partition coefficient (Wildman–Crippen LogP) is 2.90. The zero-order valence-electron chi connectivity index (χ0n) is 16.4. The standard InChI is InChI=1S/C22H18BN7/c1-14-5-4-8-18(27-14)22-21(15-9-10-20-25-13-26-30(20)12-15)28-19(29-22)11-24-17-7-3-2-6-16(17)23/h2-10,12-13,24H,11H2,1H3,(H,28,29). The summed E-state index contributed by atoms with van der Waals surface area (Å²) in [6.07, 6.45) is 3.45. The minimum atomic E-state index is 0.499. The van der Waals surface area contributed by atoms with Crippen LogP contribution in [0.25, 0.3) is 28.3 Å². The molecular formula is C22H18BN7. The van der Waals surface area contributed by atoms with Gasteiger partial charge in [0.25, 0.3) is 0 Å². The minimum Gasteiger partial charge on any atom is -0.378 e. The van der Waals surface area contributed by atoms with Gasteiger partial charge in [-0.2, -0.15) is 5.10 Å². The molecule has 8 heteroatoms. The molecule has 5 rings (SSSR count). The number of hydrogen-bond acceptors (Lipinski definition) is 5. The lowest BCUT2D eigenvalue weighted by Gasteiger charge is -2.07. The minimum absolute atomic E-state index is 0.499. The smallest absolute Gasteiger partial charge is 0.155 e. The summed E-state index contributed by atoms with van der Waals surface area (Å²) in [5.41, 5.74) is 6.72. The van der Waals surface area contributed by atoms with E-state index in [1.807, 2.05) is 67.7 Å². The number of aryl methyl sites for hydroxylation is 1. The van der Waals surface area contributed by atoms with Crippen LogP contribution in [-0.4, -0.2) is 37.4 Å². The van der Waals surface area contributed by atoms with Gasteiger partial charge < -0.3 is 10.3 Å². The molecule has 2 N–H and O–H groups in total. The first-order chi connectivity index (χ1) is 14.7. The number of rotatable bonds is 5. The molecule has 4 heterocycles. The normalized spacial score (nSPS) is 11.1. The molecular weight excluding hydrogens is 373 g/mol. The number of nitrogens with one attached hydrogen (secondary N) is 2. The third-order valence-corrected chi connectivity index (χ3v) is 4.85. The van der Waals surface area contributed by atoms with Crippen LogP contribution in [0.1, 0.15) is 11.5 Å². The van der Waals surface area contributed by atoms with Crippen molar-refractivity contribution in [1.82, 2.24) is 29.5 Å². The molecule has 2 radical (unpaired) electrons. The van der Waals surface area contributed by atoms with Crippen LogP contribution >= 0.6 is 0 Å². The fraction of sp³-hybridized carbons (Fsp3) is 0.0909. The number of imidazole rings is 1. The summed E-state index contributed by atoms with van der Waals surface area (Å²) in [7, 11) is 6.04. The van der Waals surface area contributed by atoms with E-state index in [0.717, 1.165) is 45.5 Å². The van der Waals surface area contributed by atoms with Crippen LogP contribution in [0.15, 0.2) is 67.1 Å². The van der Waals surface area contributed by atoms with E-state index in [1.54, 1.807) is 4.52 Å². The van der Waals surface area contributed by atoms with Gasteiger partial charge in [-0.1, -0.05) is 29.7 Å². The molecule has 0 amide bonds. The van der Waals surface area contributed by atoms with Gasteiger partial charge in [0.2, 0.25) is 0 Å². The summed E-state index contributed by atoms with van der Waals surface area (Å²) in [5.74, 6) is 0.783. The number of nitrogens with zero attached hydrogens (tertiary/aromatic N) is 5. The zero-order chi connectivity index (χ0) is 20.5. The molecule has 0 bridgehead atoms. The molecule has 1 aromatic carbocycles. The first-order valence-corrected chi connectivity index (χ1v) is 9.58. The largest absolute Gasteiger partial charge is 0.378 e. The Kier molecular flexibility index (Phi) is 4.51. The highest BCUT2D eigenvalue weighted by atomic mass is 15.3. The van der Waals surface area contributed by atoms with Crippen LogP contribution in [0, 0.1) is 6.92 Å². The van der Waals surface area contributed by atoms with E-state index in [-0.39, 0.29) is 0 Å². The van der Waals surface area contributed by atoms with Crippen molar-refractivity contribution in [3.8, 4) is 22.6 Å². The molecule has 30 heavy (non-hydrogen) atoms. The highest BCUT2D eigenvalue weighted by molar-refractivity contribution is 6.35. The Hall–Kier alpha value is -3.94. The van der Waals surface area contributed by atoms with Gasteiger partial charge in [0.05, 0.1) is 23.6 Å². The Bertz CT molecular complexity index is 1340. The topological polar surface area (TPSA) is 83.8 Å². The second-order valence-corrected chi connectivity index (χ2v) is 6.99. The third-order valence-electron chi connectivity index (χ3n) is 4.85. The third kappa shape index (κ3) is 3.43. The van der Waals surface area contributed by atoms with Crippen LogP contribution in [0.5, 0.6) is 0 Å². The number of hydrogen-bond donors (Lipinski definition) is 2. The second kappa shape index (κ2) is 7.48. The van der Waals surface area contributed by atoms with Gasteiger partial charge in [-0.05, 0) is 37.3 Å². The van der Waals surface area contributed by atoms with Crippen molar-refractivity contribution in [3.05, 3.63) is 78.6 Å². The van der Waals surface area contributed by atoms with Gasteiger partial charge in [-0.15, -0.1) is 0 Å². The van der Waals surface area contributed by atoms with E-state index in [1.165, 1.54) is 6.33 Å². The first-order valence-electron chi connectivity index (χ1n) is 9.58. The van der Waals surface area contributed by atoms with Gasteiger partial charge in [0, 0.05) is 23.1 Å². The number of aromatic nitrogens is 6. The van der Waals surface area contributed by atoms with Crippen LogP contribution < -0.4 is 10.8 Å². The van der Waals surface area contributed by atoms with Crippen molar-refractivity contribution in [2.24, 2.45) is 0 Å². The number of benzene rings is 1. The molecule has 4 aromatic heterocycles. The number of anilines is 1. The molecule has 0 unspecified atom stereocenters. The number of para-hydroxylation sites is 1. The lowest BCUT2D eigenvalue weighted by atomic mass is 9.94. The van der Waals surface area contributed by atoms with Crippen LogP contribution in [0.4, 0.5) is 5.69 Å². The highest BCUT2D eigenvalue weighted by Crippen LogP contribution is 2.29. The van der Waals surface area contributed by atoms with Crippen molar-refractivity contribution in [2.45, 2.75) is 13.5 Å². The Morgan fingerprint density at radius 1 is 1.03 bits per heavy atom. The summed E-state index contributed by atoms with van der Waals surface area (Å²) >= 11 is 0. The molecule has 0 spiro atoms. The second-order valence-electron chi connectivity index (χ2n) is 6.99. The van der Waals surface area contributed by atoms with Crippen LogP contribution in [0.3, 0.4) is 0 Å². The van der Waals surface area contributed by atoms with Crippen molar-refractivity contribution in [1.29, 1.82) is 0 Å². The van der Waals surface area contributed by atoms with Crippen LogP contribution in [0.2, 0.25) is 0 Å². The van der Waals surface area contributed by atoms with Gasteiger partial charge >= 0.3 is 0 Å². The van der Waals surface area contributed by atoms with Crippen molar-refractivity contribution >= 4 is 24.6 Å². The fourth-order valence-electron chi connectivity index (χ4n) is 3.38. The molecule has 0 fully saturated rings. The molecule has 0 aliphatic rings. The average Bonchev–Trinajstić information content (AvgIpc) is 3.39. The van der Waals surface area contributed by atoms with E-state index in [2.05, 4.69) is 25.4 Å². The lowest BCUT2D eigenvalue weighted by Crippen LogP contribution is -2.12. The zero-order valence-corrected chi connectivity index (χ0v) is 16.4. The number of H-pyrrole nitrogens is 1. The monoisotopic (exact) mass is 391 g/mol. The molecule has 7 nitrogen and oxygen atoms in total. The van der Waals surface area contributed by atoms with Crippen molar-refractivity contribution in [2.75, 3.05) is 5.32 Å². The fourth-order valence-corrected chi connectivity index (χ4v) is 3.38. The molecule has 0 aliphatic carbocycles. The molecule has 0 saturated heterocycles. The Balaban J connectivity index is 1.56. The van der Waals surface area contributed by atoms with E-state index < -0.39 is 0 Å². The SMILES string of the molecule is [B]c1ccccc1NCc1nc(-c2ccc3ncnn3c2)c(-c2cccc(C)n2)[nH]1. The van der Waals surface area contributed by atoms with Gasteiger partial charge in [0.15, 0.2) is 5.65 Å². The Morgan fingerprint density at radius 2 is 1.93 bits per heavy atom. The van der Waals surface area contributed by atoms with Gasteiger partial charge in [-0.25, -0.2) is 14.5 Å². The number of pyridine rings is 2. The summed E-state index contributed by atoms with van der Waals surface area (Å²) < 4.78 is 1.74. The average molecular weight is 391 g/mol. The van der Waals surface area contributed by atoms with Crippen molar-refractivity contribution in [3.63, 3.8) is 0 Å². The maximum Gasteiger partial charge on any atom is 0.155 e. The molecule has 5 aromatic rings. The maximum atomic E-state index is 6.04. The van der Waals surface area contributed by atoms with Gasteiger partial charge in [0.1, 0.15) is 20.0 Å². The van der Waals surface area contributed by atoms with E-state index in [9.17, 15) is 0 Å². The Morgan fingerprint density at radius 3 is 2.80 bits per heavy atom. The van der Waals surface area contributed by atoms with Crippen LogP contribution in [-0.2, 0) is 6.54 Å². The predicted molar refractivity (Wildman–Crippen MR) is 118 cm³/mol. The molecule has 0 saturated carbocycles. The lowest BCUT2D eigenvalue weighted by molar-refractivity contribution is 0.960. The Labute approximate surface area is 174 Å². The van der Waals surface area contributed by atoms with E-state index in [4.69, 9.17) is 12.8 Å². The molecule has 0 aliphatic heterocycles. The summed E-state index contributed by atoms with van der Waals surface area (Å²) in [6, 6.07) is 17.5. The van der Waals surface area contributed by atoms with Crippen molar-refractivity contribution < 1.29 is 0 Å². The summed E-state index contributed by atoms with van der Waals surface area (Å²) in [6.45, 7) is 2.47. The van der Waals surface area contributed by atoms with Gasteiger partial charge in [-0.3, -0.25) is 4.98 Å². The quantitative estimate of drug-likeness (QED) is 0.450. The molecule has 144 valence electrons. The molecule has 0 atom stereocenters.